The fourth-order valence-corrected chi connectivity index (χ4v) is 4.00. The van der Waals surface area contributed by atoms with Gasteiger partial charge in [0.1, 0.15) is 0 Å². The van der Waals surface area contributed by atoms with Crippen LogP contribution >= 0.6 is 9.39 Å². The maximum Gasteiger partial charge on any atom is 0.0398 e. The largest absolute Gasteiger partial charge is 0.391 e. The van der Waals surface area contributed by atoms with Crippen molar-refractivity contribution in [3.05, 3.63) is 95.2 Å². The summed E-state index contributed by atoms with van der Waals surface area (Å²) in [7, 11) is 6.78. The number of nitrogens with zero attached hydrogens (tertiary/aromatic N) is 1. The number of benzene rings is 3. The van der Waals surface area contributed by atoms with Crippen molar-refractivity contribution in [3.63, 3.8) is 0 Å². The van der Waals surface area contributed by atoms with E-state index in [2.05, 4.69) is 92.2 Å². The predicted octanol–water partition coefficient (Wildman–Crippen LogP) is 6.14. The molecule has 3 heteroatoms. The molecule has 0 heterocycles. The molecule has 0 aliphatic heterocycles. The normalized spacial score (nSPS) is 12.8. The molecule has 0 spiro atoms. The first-order chi connectivity index (χ1) is 13.2. The van der Waals surface area contributed by atoms with Crippen LogP contribution in [0.3, 0.4) is 0 Å². The molecule has 1 aliphatic rings. The first kappa shape index (κ1) is 20.2. The summed E-state index contributed by atoms with van der Waals surface area (Å²) in [5.41, 5.74) is 10.4. The molecule has 0 amide bonds. The van der Waals surface area contributed by atoms with Gasteiger partial charge in [-0.3, -0.25) is 0 Å². The topological polar surface area (TPSA) is 15.3 Å². The van der Waals surface area contributed by atoms with E-state index < -0.39 is 0 Å². The Balaban J connectivity index is 0.00000225. The van der Waals surface area contributed by atoms with E-state index in [1.165, 1.54) is 44.8 Å². The second-order valence-corrected chi connectivity index (χ2v) is 7.77. The summed E-state index contributed by atoms with van der Waals surface area (Å²) in [5, 5.41) is 3.43. The van der Waals surface area contributed by atoms with Gasteiger partial charge in [0.05, 0.1) is 0 Å². The van der Waals surface area contributed by atoms with Gasteiger partial charge in [0, 0.05) is 31.1 Å². The van der Waals surface area contributed by atoms with Gasteiger partial charge in [0.15, 0.2) is 0 Å². The molecular formula is C25H29N2P. The number of anilines is 1. The van der Waals surface area contributed by atoms with Gasteiger partial charge in [-0.25, -0.2) is 0 Å². The molecule has 28 heavy (non-hydrogen) atoms. The summed E-state index contributed by atoms with van der Waals surface area (Å²) in [5.74, 6) is 0. The highest BCUT2D eigenvalue weighted by molar-refractivity contribution is 7.19. The number of fused-ring (bicyclic) bond motifs is 1. The average Bonchev–Trinajstić information content (AvgIpc) is 2.73. The van der Waals surface area contributed by atoms with Crippen LogP contribution in [0.2, 0.25) is 0 Å². The number of hydrogen-bond acceptors (Lipinski definition) is 2. The molecule has 1 N–H and O–H groups in total. The Morgan fingerprint density at radius 3 is 2.25 bits per heavy atom. The first-order valence-corrected chi connectivity index (χ1v) is 9.87. The Bertz CT molecular complexity index is 987. The van der Waals surface area contributed by atoms with Crippen molar-refractivity contribution in [2.75, 3.05) is 18.8 Å². The minimum Gasteiger partial charge on any atom is -0.391 e. The molecule has 0 aromatic heterocycles. The lowest BCUT2D eigenvalue weighted by Crippen LogP contribution is -2.15. The predicted molar refractivity (Wildman–Crippen MR) is 127 cm³/mol. The monoisotopic (exact) mass is 388 g/mol. The van der Waals surface area contributed by atoms with Crippen LogP contribution in [0.1, 0.15) is 30.5 Å². The fourth-order valence-electron chi connectivity index (χ4n) is 3.84. The lowest BCUT2D eigenvalue weighted by Gasteiger charge is -2.24. The Morgan fingerprint density at radius 1 is 0.821 bits per heavy atom. The summed E-state index contributed by atoms with van der Waals surface area (Å²) in [6.45, 7) is 0. The van der Waals surface area contributed by atoms with Crippen LogP contribution in [-0.4, -0.2) is 14.1 Å². The van der Waals surface area contributed by atoms with Crippen LogP contribution in [0, 0.1) is 0 Å². The third kappa shape index (κ3) is 3.84. The third-order valence-corrected chi connectivity index (χ3v) is 5.59. The Labute approximate surface area is 171 Å². The molecule has 4 rings (SSSR count). The summed E-state index contributed by atoms with van der Waals surface area (Å²) in [6, 6.07) is 26.3. The van der Waals surface area contributed by atoms with Crippen molar-refractivity contribution in [3.8, 4) is 11.1 Å². The average molecular weight is 388 g/mol. The zero-order chi connectivity index (χ0) is 18.8. The highest BCUT2D eigenvalue weighted by Gasteiger charge is 2.19. The molecule has 1 unspecified atom stereocenters. The molecular weight excluding hydrogens is 359 g/mol. The van der Waals surface area contributed by atoms with Gasteiger partial charge >= 0.3 is 0 Å². The van der Waals surface area contributed by atoms with Gasteiger partial charge in [0.2, 0.25) is 0 Å². The van der Waals surface area contributed by atoms with Crippen LogP contribution in [0.15, 0.2) is 78.5 Å². The highest BCUT2D eigenvalue weighted by atomic mass is 31.0. The maximum absolute atomic E-state index is 3.43. The van der Waals surface area contributed by atoms with Crippen molar-refractivity contribution in [2.45, 2.75) is 20.3 Å². The van der Waals surface area contributed by atoms with E-state index in [1.54, 1.807) is 0 Å². The number of allylic oxidation sites excluding steroid dienone is 1. The molecule has 3 aromatic rings. The molecule has 1 aliphatic carbocycles. The van der Waals surface area contributed by atoms with Crippen molar-refractivity contribution < 1.29 is 0 Å². The second-order valence-electron chi connectivity index (χ2n) is 7.00. The quantitative estimate of drug-likeness (QED) is 0.540. The smallest absolute Gasteiger partial charge is 0.0398 e. The van der Waals surface area contributed by atoms with Crippen molar-refractivity contribution >= 4 is 20.7 Å². The van der Waals surface area contributed by atoms with Gasteiger partial charge in [0.25, 0.3) is 0 Å². The van der Waals surface area contributed by atoms with Crippen molar-refractivity contribution in [1.29, 1.82) is 0 Å². The highest BCUT2D eigenvalue weighted by Crippen LogP contribution is 2.36. The van der Waals surface area contributed by atoms with E-state index in [0.29, 0.717) is 0 Å². The van der Waals surface area contributed by atoms with Gasteiger partial charge in [-0.2, -0.15) is 0 Å². The Morgan fingerprint density at radius 2 is 1.54 bits per heavy atom. The van der Waals surface area contributed by atoms with Crippen molar-refractivity contribution in [1.82, 2.24) is 5.32 Å². The Kier molecular flexibility index (Phi) is 6.21. The molecule has 0 bridgehead atoms. The molecule has 3 aromatic carbocycles. The lowest BCUT2D eigenvalue weighted by molar-refractivity contribution is 0.822. The lowest BCUT2D eigenvalue weighted by atomic mass is 9.84. The second kappa shape index (κ2) is 8.63. The van der Waals surface area contributed by atoms with E-state index >= 15 is 0 Å². The summed E-state index contributed by atoms with van der Waals surface area (Å²) < 4.78 is 2.06. The molecule has 0 saturated carbocycles. The number of aryl methyl sites for hydroxylation is 1. The van der Waals surface area contributed by atoms with E-state index in [1.807, 2.05) is 14.1 Å². The minimum absolute atomic E-state index is 0. The third-order valence-electron chi connectivity index (χ3n) is 5.29. The summed E-state index contributed by atoms with van der Waals surface area (Å²) >= 11 is 0. The van der Waals surface area contributed by atoms with Crippen LogP contribution in [0.4, 0.5) is 5.69 Å². The minimum atomic E-state index is 0. The van der Waals surface area contributed by atoms with Crippen LogP contribution < -0.4 is 9.99 Å². The van der Waals surface area contributed by atoms with E-state index in [0.717, 1.165) is 12.8 Å². The van der Waals surface area contributed by atoms with E-state index in [4.69, 9.17) is 0 Å². The van der Waals surface area contributed by atoms with Crippen LogP contribution in [-0.2, 0) is 6.42 Å². The molecule has 0 radical (unpaired) electrons. The molecule has 144 valence electrons. The SMILES string of the molecule is C.CNC1=C(c2ccc(-c3cccc(N(C)P)c3)cc2)c2ccccc2CC1. The maximum atomic E-state index is 3.43. The summed E-state index contributed by atoms with van der Waals surface area (Å²) in [6.07, 6.45) is 2.16. The van der Waals surface area contributed by atoms with Crippen LogP contribution in [0.25, 0.3) is 16.7 Å². The van der Waals surface area contributed by atoms with Gasteiger partial charge < -0.3 is 9.99 Å². The number of hydrogen-bond donors (Lipinski definition) is 1. The van der Waals surface area contributed by atoms with Crippen LogP contribution in [0.5, 0.6) is 0 Å². The summed E-state index contributed by atoms with van der Waals surface area (Å²) in [4.78, 5) is 0. The van der Waals surface area contributed by atoms with Crippen molar-refractivity contribution in [2.24, 2.45) is 0 Å². The standard InChI is InChI=1S/C24H25N2P.CH4/c1-25-23-15-14-18-6-3-4-9-22(18)24(23)19-12-10-17(11-13-19)20-7-5-8-21(16-20)26(2)27;/h3-13,16,25H,14-15,27H2,1-2H3;1H4. The zero-order valence-corrected chi connectivity index (χ0v) is 17.0. The zero-order valence-electron chi connectivity index (χ0n) is 15.9. The molecule has 2 nitrogen and oxygen atoms in total. The molecule has 1 atom stereocenters. The van der Waals surface area contributed by atoms with Gasteiger partial charge in [-0.15, -0.1) is 0 Å². The van der Waals surface area contributed by atoms with Gasteiger partial charge in [-0.1, -0.05) is 68.1 Å². The number of rotatable bonds is 4. The van der Waals surface area contributed by atoms with E-state index in [-0.39, 0.29) is 7.43 Å². The Hall–Kier alpha value is -2.57. The van der Waals surface area contributed by atoms with E-state index in [9.17, 15) is 0 Å². The number of nitrogens with one attached hydrogen (secondary N) is 1. The molecule has 0 saturated heterocycles. The fraction of sp³-hybridized carbons (Fsp3) is 0.200. The van der Waals surface area contributed by atoms with Gasteiger partial charge in [-0.05, 0) is 62.2 Å². The molecule has 0 fully saturated rings. The first-order valence-electron chi connectivity index (χ1n) is 9.36.